The van der Waals surface area contributed by atoms with E-state index in [0.717, 1.165) is 16.9 Å². The number of primary amides is 1. The molecule has 1 aliphatic rings. The Balaban J connectivity index is 0.000000516. The Labute approximate surface area is 165 Å². The Morgan fingerprint density at radius 1 is 1.29 bits per heavy atom. The van der Waals surface area contributed by atoms with Crippen molar-refractivity contribution in [2.24, 2.45) is 5.73 Å². The second-order valence-electron chi connectivity index (χ2n) is 5.97. The number of fused-ring (bicyclic) bond motifs is 3. The van der Waals surface area contributed by atoms with Gasteiger partial charge in [0.25, 0.3) is 0 Å². The minimum absolute atomic E-state index is 0.198. The molecule has 2 aromatic carbocycles. The number of nitrogens with two attached hydrogens (primary N) is 1. The number of carboxylic acid groups (broad SMARTS) is 1. The predicted molar refractivity (Wildman–Crippen MR) is 103 cm³/mol. The van der Waals surface area contributed by atoms with Crippen LogP contribution >= 0.6 is 11.6 Å². The molecule has 3 aromatic rings. The van der Waals surface area contributed by atoms with E-state index in [2.05, 4.69) is 5.73 Å². The molecule has 6 nitrogen and oxygen atoms in total. The van der Waals surface area contributed by atoms with E-state index in [-0.39, 0.29) is 5.75 Å². The Bertz CT molecular complexity index is 1000. The first kappa shape index (κ1) is 19.7. The minimum Gasteiger partial charge on any atom is -0.494 e. The number of hydrogen-bond acceptors (Lipinski definition) is 3. The highest BCUT2D eigenvalue weighted by atomic mass is 35.5. The van der Waals surface area contributed by atoms with Crippen LogP contribution in [0.4, 0.5) is 9.18 Å². The quantitative estimate of drug-likeness (QED) is 0.657. The minimum atomic E-state index is -1.33. The lowest BCUT2D eigenvalue weighted by molar-refractivity contribution is 0.0652. The van der Waals surface area contributed by atoms with Crippen molar-refractivity contribution in [1.82, 2.24) is 4.57 Å². The fourth-order valence-corrected chi connectivity index (χ4v) is 3.31. The van der Waals surface area contributed by atoms with Gasteiger partial charge in [0.1, 0.15) is 6.10 Å². The summed E-state index contributed by atoms with van der Waals surface area (Å²) < 4.78 is 28.0. The molecule has 0 bridgehead atoms. The smallest absolute Gasteiger partial charge is 0.402 e. The Morgan fingerprint density at radius 2 is 2.04 bits per heavy atom. The van der Waals surface area contributed by atoms with E-state index >= 15 is 0 Å². The van der Waals surface area contributed by atoms with Gasteiger partial charge in [0.15, 0.2) is 11.6 Å². The molecule has 0 fully saturated rings. The molecule has 8 heteroatoms. The van der Waals surface area contributed by atoms with Gasteiger partial charge in [0.05, 0.1) is 19.4 Å². The molecule has 3 N–H and O–H groups in total. The number of benzene rings is 2. The molecule has 1 aliphatic heterocycles. The number of ether oxygens (including phenoxy) is 2. The van der Waals surface area contributed by atoms with Crippen molar-refractivity contribution in [1.29, 1.82) is 0 Å². The Hall–Kier alpha value is -3.03. The molecule has 0 saturated heterocycles. The Morgan fingerprint density at radius 3 is 2.75 bits per heavy atom. The molecule has 28 heavy (non-hydrogen) atoms. The number of carbonyl (C=O) groups is 1. The summed E-state index contributed by atoms with van der Waals surface area (Å²) in [5.74, 6) is -0.217. The average Bonchev–Trinajstić information content (AvgIpc) is 3.06. The number of halogens is 2. The van der Waals surface area contributed by atoms with Gasteiger partial charge in [-0.3, -0.25) is 0 Å². The maximum Gasteiger partial charge on any atom is 0.402 e. The molecule has 0 radical (unpaired) electrons. The van der Waals surface area contributed by atoms with Gasteiger partial charge in [-0.2, -0.15) is 0 Å². The van der Waals surface area contributed by atoms with Gasteiger partial charge in [0, 0.05) is 28.0 Å². The van der Waals surface area contributed by atoms with Crippen LogP contribution in [0.5, 0.6) is 5.75 Å². The van der Waals surface area contributed by atoms with E-state index in [0.29, 0.717) is 17.2 Å². The van der Waals surface area contributed by atoms with Gasteiger partial charge >= 0.3 is 6.09 Å². The van der Waals surface area contributed by atoms with Crippen LogP contribution in [0.25, 0.3) is 5.69 Å². The average molecular weight is 405 g/mol. The van der Waals surface area contributed by atoms with E-state index in [1.54, 1.807) is 18.2 Å². The molecule has 2 heterocycles. The normalized spacial score (nSPS) is 14.8. The van der Waals surface area contributed by atoms with E-state index < -0.39 is 18.0 Å². The van der Waals surface area contributed by atoms with Crippen LogP contribution in [0.3, 0.4) is 0 Å². The zero-order valence-electron chi connectivity index (χ0n) is 14.9. The first-order valence-corrected chi connectivity index (χ1v) is 8.68. The van der Waals surface area contributed by atoms with Crippen molar-refractivity contribution in [2.45, 2.75) is 12.7 Å². The molecule has 1 amide bonds. The third-order valence-corrected chi connectivity index (χ3v) is 4.49. The van der Waals surface area contributed by atoms with Crippen LogP contribution in [0, 0.1) is 5.82 Å². The van der Waals surface area contributed by atoms with Crippen LogP contribution in [-0.2, 0) is 11.3 Å². The number of amides is 1. The fraction of sp³-hybridized carbons (Fsp3) is 0.150. The van der Waals surface area contributed by atoms with Crippen LogP contribution in [0.2, 0.25) is 5.02 Å². The summed E-state index contributed by atoms with van der Waals surface area (Å²) >= 11 is 6.20. The summed E-state index contributed by atoms with van der Waals surface area (Å²) in [4.78, 5) is 8.78. The summed E-state index contributed by atoms with van der Waals surface area (Å²) in [7, 11) is 1.45. The standard InChI is InChI=1S/C19H15ClFNO2.CH3NO2/c1-23-17-6-2-5-14(18(17)21)19-15-10-12(20)7-8-16(15)22-9-3-4-13(22)11-24-19;2-1(3)4/h2-10,19H,11H2,1H3;2H2,(H,3,4)/t19-;/m1./s1. The van der Waals surface area contributed by atoms with Gasteiger partial charge in [0.2, 0.25) is 0 Å². The van der Waals surface area contributed by atoms with Crippen LogP contribution in [0.15, 0.2) is 54.7 Å². The number of rotatable bonds is 2. The lowest BCUT2D eigenvalue weighted by Crippen LogP contribution is -2.09. The number of nitrogens with zero attached hydrogens (tertiary/aromatic N) is 1. The summed E-state index contributed by atoms with van der Waals surface area (Å²) in [6.45, 7) is 0.376. The van der Waals surface area contributed by atoms with Crippen molar-refractivity contribution >= 4 is 17.7 Å². The molecule has 0 spiro atoms. The highest BCUT2D eigenvalue weighted by Crippen LogP contribution is 2.39. The molecule has 0 aliphatic carbocycles. The molecular formula is C20H18ClFN2O4. The summed E-state index contributed by atoms with van der Waals surface area (Å²) in [6.07, 6.45) is 0.0733. The highest BCUT2D eigenvalue weighted by molar-refractivity contribution is 6.30. The van der Waals surface area contributed by atoms with Crippen molar-refractivity contribution in [3.63, 3.8) is 0 Å². The van der Waals surface area contributed by atoms with E-state index in [9.17, 15) is 4.39 Å². The van der Waals surface area contributed by atoms with Gasteiger partial charge in [-0.05, 0) is 36.4 Å². The summed E-state index contributed by atoms with van der Waals surface area (Å²) in [5, 5.41) is 7.78. The van der Waals surface area contributed by atoms with Gasteiger partial charge in [-0.25, -0.2) is 9.18 Å². The first-order valence-electron chi connectivity index (χ1n) is 8.30. The second kappa shape index (κ2) is 8.33. The molecule has 146 valence electrons. The number of aromatic nitrogens is 1. The predicted octanol–water partition coefficient (Wildman–Crippen LogP) is 4.52. The zero-order valence-corrected chi connectivity index (χ0v) is 15.7. The third-order valence-electron chi connectivity index (χ3n) is 4.26. The summed E-state index contributed by atoms with van der Waals surface area (Å²) in [5.41, 5.74) is 7.22. The van der Waals surface area contributed by atoms with Crippen molar-refractivity contribution < 1.29 is 23.8 Å². The second-order valence-corrected chi connectivity index (χ2v) is 6.40. The van der Waals surface area contributed by atoms with E-state index in [1.807, 2.05) is 41.1 Å². The maximum absolute atomic E-state index is 14.8. The molecule has 1 aromatic heterocycles. The molecule has 4 rings (SSSR count). The number of hydrogen-bond donors (Lipinski definition) is 2. The monoisotopic (exact) mass is 404 g/mol. The lowest BCUT2D eigenvalue weighted by Gasteiger charge is -2.20. The topological polar surface area (TPSA) is 86.7 Å². The van der Waals surface area contributed by atoms with Crippen molar-refractivity contribution in [3.05, 3.63) is 82.4 Å². The lowest BCUT2D eigenvalue weighted by atomic mass is 9.98. The van der Waals surface area contributed by atoms with Gasteiger partial charge in [-0.1, -0.05) is 23.7 Å². The van der Waals surface area contributed by atoms with Crippen LogP contribution in [-0.4, -0.2) is 22.9 Å². The largest absolute Gasteiger partial charge is 0.494 e. The fourth-order valence-electron chi connectivity index (χ4n) is 3.13. The molecular weight excluding hydrogens is 387 g/mol. The SMILES string of the molecule is COc1cccc([C@H]2OCc3cccn3-c3ccc(Cl)cc32)c1F.NC(=O)O. The first-order chi connectivity index (χ1) is 13.4. The Kier molecular flexibility index (Phi) is 5.87. The molecule has 0 saturated carbocycles. The zero-order chi connectivity index (χ0) is 20.3. The molecule has 0 unspecified atom stereocenters. The summed E-state index contributed by atoms with van der Waals surface area (Å²) in [6, 6.07) is 14.6. The van der Waals surface area contributed by atoms with E-state index in [1.165, 1.54) is 7.11 Å². The van der Waals surface area contributed by atoms with Crippen molar-refractivity contribution in [3.8, 4) is 11.4 Å². The maximum atomic E-state index is 14.8. The van der Waals surface area contributed by atoms with E-state index in [4.69, 9.17) is 31.0 Å². The van der Waals surface area contributed by atoms with Gasteiger partial charge < -0.3 is 24.9 Å². The van der Waals surface area contributed by atoms with Crippen molar-refractivity contribution in [2.75, 3.05) is 7.11 Å². The molecule has 1 atom stereocenters. The van der Waals surface area contributed by atoms with Crippen LogP contribution in [0.1, 0.15) is 22.9 Å². The van der Waals surface area contributed by atoms with Gasteiger partial charge in [-0.15, -0.1) is 0 Å². The highest BCUT2D eigenvalue weighted by Gasteiger charge is 2.27. The third kappa shape index (κ3) is 3.95. The van der Waals surface area contributed by atoms with Crippen LogP contribution < -0.4 is 10.5 Å². The number of methoxy groups -OCH3 is 1.